The molecule has 180 valence electrons. The molecule has 2 aliphatic heterocycles. The SMILES string of the molecule is COc1c(OCCCN2CCOCC2)ccc2c3n(c(=NC(=O)c4cn(C)cn4)nc12)CCN3. The number of morpholine rings is 1. The summed E-state index contributed by atoms with van der Waals surface area (Å²) >= 11 is 0. The minimum absolute atomic E-state index is 0.272. The molecule has 0 atom stereocenters. The van der Waals surface area contributed by atoms with Gasteiger partial charge in [-0.05, 0) is 18.6 Å². The summed E-state index contributed by atoms with van der Waals surface area (Å²) in [4.78, 5) is 28.2. The quantitative estimate of drug-likeness (QED) is 0.514. The minimum atomic E-state index is -0.441. The standard InChI is InChI=1S/C23H29N7O4/c1-28-14-17(25-15-28)22(31)27-23-26-19-16(21-24-6-8-30(21)23)4-5-18(20(19)32-2)34-11-3-7-29-9-12-33-13-10-29/h4-5,14-15,24H,3,6-13H2,1-2H3. The summed E-state index contributed by atoms with van der Waals surface area (Å²) in [5.41, 5.74) is 1.18. The van der Waals surface area contributed by atoms with E-state index in [1.807, 2.05) is 23.7 Å². The molecule has 34 heavy (non-hydrogen) atoms. The van der Waals surface area contributed by atoms with Gasteiger partial charge in [0.1, 0.15) is 17.0 Å². The van der Waals surface area contributed by atoms with Crippen LogP contribution in [-0.2, 0) is 18.3 Å². The topological polar surface area (TPSA) is 108 Å². The Labute approximate surface area is 197 Å². The van der Waals surface area contributed by atoms with Crippen LogP contribution in [0.15, 0.2) is 29.6 Å². The van der Waals surface area contributed by atoms with Crippen LogP contribution in [0.1, 0.15) is 16.9 Å². The van der Waals surface area contributed by atoms with Gasteiger partial charge < -0.3 is 24.1 Å². The van der Waals surface area contributed by atoms with Crippen LogP contribution in [0.25, 0.3) is 10.9 Å². The lowest BCUT2D eigenvalue weighted by atomic mass is 10.2. The van der Waals surface area contributed by atoms with Gasteiger partial charge in [0.2, 0.25) is 5.62 Å². The molecule has 0 aliphatic carbocycles. The lowest BCUT2D eigenvalue weighted by Gasteiger charge is -2.26. The molecule has 0 bridgehead atoms. The van der Waals surface area contributed by atoms with Gasteiger partial charge in [-0.25, -0.2) is 9.97 Å². The van der Waals surface area contributed by atoms with Crippen LogP contribution in [0.2, 0.25) is 0 Å². The second-order valence-corrected chi connectivity index (χ2v) is 8.33. The molecule has 11 nitrogen and oxygen atoms in total. The molecule has 0 unspecified atom stereocenters. The van der Waals surface area contributed by atoms with E-state index in [4.69, 9.17) is 19.2 Å². The number of benzene rings is 1. The van der Waals surface area contributed by atoms with Crippen LogP contribution < -0.4 is 20.4 Å². The predicted molar refractivity (Wildman–Crippen MR) is 125 cm³/mol. The lowest BCUT2D eigenvalue weighted by molar-refractivity contribution is 0.0357. The second-order valence-electron chi connectivity index (χ2n) is 8.33. The summed E-state index contributed by atoms with van der Waals surface area (Å²) in [5.74, 6) is 1.57. The number of ether oxygens (including phenoxy) is 3. The molecule has 1 aromatic carbocycles. The smallest absolute Gasteiger partial charge is 0.300 e. The number of methoxy groups -OCH3 is 1. The molecule has 5 rings (SSSR count). The summed E-state index contributed by atoms with van der Waals surface area (Å²) in [5, 5.41) is 4.27. The Bertz CT molecular complexity index is 1260. The Morgan fingerprint density at radius 2 is 2.12 bits per heavy atom. The molecule has 2 aliphatic rings. The van der Waals surface area contributed by atoms with Gasteiger partial charge in [-0.1, -0.05) is 0 Å². The van der Waals surface area contributed by atoms with E-state index in [2.05, 4.69) is 20.2 Å². The van der Waals surface area contributed by atoms with E-state index in [-0.39, 0.29) is 5.69 Å². The average Bonchev–Trinajstić information content (AvgIpc) is 3.52. The highest BCUT2D eigenvalue weighted by atomic mass is 16.5. The summed E-state index contributed by atoms with van der Waals surface area (Å²) < 4.78 is 20.8. The fraction of sp³-hybridized carbons (Fsp3) is 0.478. The van der Waals surface area contributed by atoms with Crippen molar-refractivity contribution in [3.05, 3.63) is 36.0 Å². The molecule has 3 aromatic rings. The van der Waals surface area contributed by atoms with Gasteiger partial charge in [0.15, 0.2) is 11.5 Å². The van der Waals surface area contributed by atoms with E-state index < -0.39 is 5.91 Å². The molecule has 0 saturated carbocycles. The van der Waals surface area contributed by atoms with Crippen LogP contribution >= 0.6 is 0 Å². The number of amides is 1. The van der Waals surface area contributed by atoms with Gasteiger partial charge in [0.05, 0.1) is 33.3 Å². The zero-order valence-electron chi connectivity index (χ0n) is 19.5. The predicted octanol–water partition coefficient (Wildman–Crippen LogP) is 1.05. The molecule has 1 saturated heterocycles. The van der Waals surface area contributed by atoms with Gasteiger partial charge in [0, 0.05) is 51.4 Å². The van der Waals surface area contributed by atoms with Crippen molar-refractivity contribution in [1.29, 1.82) is 0 Å². The first kappa shape index (κ1) is 22.4. The van der Waals surface area contributed by atoms with Crippen LogP contribution in [0.3, 0.4) is 0 Å². The van der Waals surface area contributed by atoms with Gasteiger partial charge in [0.25, 0.3) is 5.91 Å². The highest BCUT2D eigenvalue weighted by Crippen LogP contribution is 2.37. The third-order valence-corrected chi connectivity index (χ3v) is 6.01. The molecule has 11 heteroatoms. The van der Waals surface area contributed by atoms with Crippen molar-refractivity contribution >= 4 is 22.6 Å². The zero-order valence-corrected chi connectivity index (χ0v) is 19.5. The molecule has 1 N–H and O–H groups in total. The number of hydrogen-bond acceptors (Lipinski definition) is 8. The zero-order chi connectivity index (χ0) is 23.5. The number of nitrogens with one attached hydrogen (secondary N) is 1. The molecule has 1 amide bonds. The van der Waals surface area contributed by atoms with E-state index in [1.54, 1.807) is 24.2 Å². The van der Waals surface area contributed by atoms with E-state index in [9.17, 15) is 4.79 Å². The van der Waals surface area contributed by atoms with Crippen molar-refractivity contribution < 1.29 is 19.0 Å². The Morgan fingerprint density at radius 3 is 2.88 bits per heavy atom. The number of aryl methyl sites for hydroxylation is 1. The number of imidazole rings is 1. The van der Waals surface area contributed by atoms with Crippen molar-refractivity contribution in [3.63, 3.8) is 0 Å². The fourth-order valence-electron chi connectivity index (χ4n) is 4.31. The highest BCUT2D eigenvalue weighted by molar-refractivity contribution is 5.96. The highest BCUT2D eigenvalue weighted by Gasteiger charge is 2.21. The van der Waals surface area contributed by atoms with Gasteiger partial charge in [-0.15, -0.1) is 0 Å². The third kappa shape index (κ3) is 4.48. The molecule has 2 aromatic heterocycles. The monoisotopic (exact) mass is 467 g/mol. The van der Waals surface area contributed by atoms with E-state index in [0.717, 1.165) is 57.0 Å². The average molecular weight is 468 g/mol. The first-order chi connectivity index (χ1) is 16.6. The number of aromatic nitrogens is 4. The lowest BCUT2D eigenvalue weighted by Crippen LogP contribution is -2.37. The minimum Gasteiger partial charge on any atom is -0.491 e. The first-order valence-electron chi connectivity index (χ1n) is 11.5. The van der Waals surface area contributed by atoms with E-state index >= 15 is 0 Å². The number of carbonyl (C=O) groups excluding carboxylic acids is 1. The summed E-state index contributed by atoms with van der Waals surface area (Å²) in [7, 11) is 3.41. The van der Waals surface area contributed by atoms with E-state index in [1.165, 1.54) is 0 Å². The number of fused-ring (bicyclic) bond motifs is 3. The summed E-state index contributed by atoms with van der Waals surface area (Å²) in [6.07, 6.45) is 4.11. The summed E-state index contributed by atoms with van der Waals surface area (Å²) in [6.45, 7) is 6.41. The van der Waals surface area contributed by atoms with Gasteiger partial charge in [-0.2, -0.15) is 4.99 Å². The number of anilines is 1. The van der Waals surface area contributed by atoms with Crippen molar-refractivity contribution in [1.82, 2.24) is 24.0 Å². The van der Waals surface area contributed by atoms with E-state index in [0.29, 0.717) is 35.8 Å². The molecular formula is C23H29N7O4. The Morgan fingerprint density at radius 1 is 1.26 bits per heavy atom. The molecule has 0 radical (unpaired) electrons. The van der Waals surface area contributed by atoms with Crippen LogP contribution in [-0.4, -0.2) is 83.0 Å². The number of rotatable bonds is 7. The molecule has 0 spiro atoms. The maximum absolute atomic E-state index is 12.7. The van der Waals surface area contributed by atoms with Crippen molar-refractivity contribution in [3.8, 4) is 11.5 Å². The normalized spacial score (nSPS) is 16.5. The third-order valence-electron chi connectivity index (χ3n) is 6.01. The van der Waals surface area contributed by atoms with Crippen LogP contribution in [0, 0.1) is 0 Å². The number of nitrogens with zero attached hydrogens (tertiary/aromatic N) is 6. The van der Waals surface area contributed by atoms with Crippen LogP contribution in [0.4, 0.5) is 5.82 Å². The summed E-state index contributed by atoms with van der Waals surface area (Å²) in [6, 6.07) is 3.88. The maximum Gasteiger partial charge on any atom is 0.300 e. The second kappa shape index (κ2) is 9.82. The van der Waals surface area contributed by atoms with Crippen molar-refractivity contribution in [2.24, 2.45) is 12.0 Å². The van der Waals surface area contributed by atoms with Crippen molar-refractivity contribution in [2.45, 2.75) is 13.0 Å². The Balaban J connectivity index is 1.44. The van der Waals surface area contributed by atoms with Crippen LogP contribution in [0.5, 0.6) is 11.5 Å². The fourth-order valence-corrected chi connectivity index (χ4v) is 4.31. The largest absolute Gasteiger partial charge is 0.491 e. The van der Waals surface area contributed by atoms with Gasteiger partial charge >= 0.3 is 0 Å². The molecule has 4 heterocycles. The number of carbonyl (C=O) groups is 1. The number of hydrogen-bond donors (Lipinski definition) is 1. The first-order valence-corrected chi connectivity index (χ1v) is 11.5. The Kier molecular flexibility index (Phi) is 6.45. The van der Waals surface area contributed by atoms with Crippen molar-refractivity contribution in [2.75, 3.05) is 58.4 Å². The maximum atomic E-state index is 12.7. The Hall–Kier alpha value is -3.44. The molecular weight excluding hydrogens is 438 g/mol. The van der Waals surface area contributed by atoms with Gasteiger partial charge in [-0.3, -0.25) is 14.3 Å². The molecule has 1 fully saturated rings.